The van der Waals surface area contributed by atoms with E-state index >= 15 is 0 Å². The van der Waals surface area contributed by atoms with Crippen LogP contribution >= 0.6 is 11.6 Å². The quantitative estimate of drug-likeness (QED) is 0.831. The first-order valence-electron chi connectivity index (χ1n) is 6.62. The van der Waals surface area contributed by atoms with E-state index in [1.54, 1.807) is 16.8 Å². The first-order chi connectivity index (χ1) is 9.63. The summed E-state index contributed by atoms with van der Waals surface area (Å²) in [6.07, 6.45) is 6.09. The molecule has 20 heavy (non-hydrogen) atoms. The number of aromatic nitrogens is 2. The highest BCUT2D eigenvalue weighted by Gasteiger charge is 2.03. The maximum Gasteiger partial charge on any atom is 0.224 e. The third kappa shape index (κ3) is 4.70. The largest absolute Gasteiger partial charge is 0.356 e. The van der Waals surface area contributed by atoms with Gasteiger partial charge in [0.1, 0.15) is 0 Å². The molecule has 0 atom stereocenters. The molecule has 2 aromatic rings. The van der Waals surface area contributed by atoms with Crippen LogP contribution in [0.15, 0.2) is 36.7 Å². The predicted molar refractivity (Wildman–Crippen MR) is 79.7 cm³/mol. The molecule has 5 heteroatoms. The second-order valence-corrected chi connectivity index (χ2v) is 5.22. The molecule has 0 aliphatic rings. The summed E-state index contributed by atoms with van der Waals surface area (Å²) in [6.45, 7) is 0.682. The molecule has 0 bridgehead atoms. The Labute approximate surface area is 123 Å². The van der Waals surface area contributed by atoms with Crippen LogP contribution in [0.2, 0.25) is 5.02 Å². The Bertz CT molecular complexity index is 563. The number of aryl methyl sites for hydroxylation is 2. The fourth-order valence-electron chi connectivity index (χ4n) is 1.97. The minimum absolute atomic E-state index is 0.0403. The third-order valence-corrected chi connectivity index (χ3v) is 3.25. The lowest BCUT2D eigenvalue weighted by molar-refractivity contribution is -0.120. The van der Waals surface area contributed by atoms with Crippen molar-refractivity contribution in [2.75, 3.05) is 6.54 Å². The topological polar surface area (TPSA) is 46.9 Å². The van der Waals surface area contributed by atoms with Crippen molar-refractivity contribution in [2.45, 2.75) is 19.3 Å². The van der Waals surface area contributed by atoms with Gasteiger partial charge in [-0.1, -0.05) is 23.7 Å². The van der Waals surface area contributed by atoms with Gasteiger partial charge in [-0.15, -0.1) is 0 Å². The van der Waals surface area contributed by atoms with E-state index in [0.717, 1.165) is 18.4 Å². The van der Waals surface area contributed by atoms with Crippen LogP contribution in [0.5, 0.6) is 0 Å². The molecule has 2 rings (SSSR count). The maximum absolute atomic E-state index is 11.8. The summed E-state index contributed by atoms with van der Waals surface area (Å²) in [5, 5.41) is 7.72. The van der Waals surface area contributed by atoms with Crippen LogP contribution in [-0.4, -0.2) is 22.2 Å². The zero-order chi connectivity index (χ0) is 14.4. The molecule has 0 spiro atoms. The van der Waals surface area contributed by atoms with Gasteiger partial charge in [0.05, 0.1) is 12.6 Å². The molecule has 1 aromatic carbocycles. The molecule has 1 heterocycles. The number of carbonyl (C=O) groups is 1. The highest BCUT2D eigenvalue weighted by Crippen LogP contribution is 2.09. The summed E-state index contributed by atoms with van der Waals surface area (Å²) >= 11 is 5.80. The summed E-state index contributed by atoms with van der Waals surface area (Å²) in [5.41, 5.74) is 2.17. The first-order valence-corrected chi connectivity index (χ1v) is 7.00. The van der Waals surface area contributed by atoms with Gasteiger partial charge in [-0.3, -0.25) is 9.48 Å². The number of nitrogens with zero attached hydrogens (tertiary/aromatic N) is 2. The predicted octanol–water partition coefficient (Wildman–Crippen LogP) is 2.37. The highest BCUT2D eigenvalue weighted by atomic mass is 35.5. The first kappa shape index (κ1) is 14.6. The lowest BCUT2D eigenvalue weighted by Crippen LogP contribution is -2.26. The summed E-state index contributed by atoms with van der Waals surface area (Å²) in [7, 11) is 1.90. The summed E-state index contributed by atoms with van der Waals surface area (Å²) < 4.78 is 1.79. The van der Waals surface area contributed by atoms with Crippen LogP contribution in [0, 0.1) is 0 Å². The van der Waals surface area contributed by atoms with Crippen molar-refractivity contribution in [1.29, 1.82) is 0 Å². The van der Waals surface area contributed by atoms with Crippen LogP contribution in [0.3, 0.4) is 0 Å². The average Bonchev–Trinajstić information content (AvgIpc) is 2.83. The normalized spacial score (nSPS) is 10.5. The summed E-state index contributed by atoms with van der Waals surface area (Å²) in [5.74, 6) is 0.0403. The Hall–Kier alpha value is -1.81. The Morgan fingerprint density at radius 1 is 1.30 bits per heavy atom. The van der Waals surface area contributed by atoms with E-state index in [9.17, 15) is 4.79 Å². The molecule has 1 amide bonds. The monoisotopic (exact) mass is 291 g/mol. The molecule has 106 valence electrons. The van der Waals surface area contributed by atoms with Crippen LogP contribution < -0.4 is 5.32 Å². The van der Waals surface area contributed by atoms with Gasteiger partial charge in [-0.05, 0) is 36.1 Å². The Morgan fingerprint density at radius 2 is 2.05 bits per heavy atom. The van der Waals surface area contributed by atoms with E-state index in [2.05, 4.69) is 10.4 Å². The minimum Gasteiger partial charge on any atom is -0.356 e. The van der Waals surface area contributed by atoms with Gasteiger partial charge in [0.2, 0.25) is 5.91 Å². The van der Waals surface area contributed by atoms with E-state index in [1.165, 1.54) is 5.56 Å². The number of hydrogen-bond donors (Lipinski definition) is 1. The van der Waals surface area contributed by atoms with Crippen LogP contribution in [0.1, 0.15) is 17.5 Å². The van der Waals surface area contributed by atoms with E-state index in [0.29, 0.717) is 18.0 Å². The number of halogens is 1. The molecule has 4 nitrogen and oxygen atoms in total. The number of nitrogens with one attached hydrogen (secondary N) is 1. The van der Waals surface area contributed by atoms with Gasteiger partial charge in [0.15, 0.2) is 0 Å². The highest BCUT2D eigenvalue weighted by molar-refractivity contribution is 6.30. The SMILES string of the molecule is Cn1cc(CCCNC(=O)Cc2ccc(Cl)cc2)cn1. The van der Waals surface area contributed by atoms with Gasteiger partial charge >= 0.3 is 0 Å². The number of amides is 1. The molecule has 0 saturated carbocycles. The lowest BCUT2D eigenvalue weighted by atomic mass is 10.1. The fourth-order valence-corrected chi connectivity index (χ4v) is 2.10. The second-order valence-electron chi connectivity index (χ2n) is 4.78. The van der Waals surface area contributed by atoms with E-state index in [4.69, 9.17) is 11.6 Å². The van der Waals surface area contributed by atoms with Gasteiger partial charge in [0.25, 0.3) is 0 Å². The molecular weight excluding hydrogens is 274 g/mol. The lowest BCUT2D eigenvalue weighted by Gasteiger charge is -2.05. The fraction of sp³-hybridized carbons (Fsp3) is 0.333. The van der Waals surface area contributed by atoms with E-state index < -0.39 is 0 Å². The molecule has 0 radical (unpaired) electrons. The molecule has 1 aromatic heterocycles. The zero-order valence-electron chi connectivity index (χ0n) is 11.5. The van der Waals surface area contributed by atoms with E-state index in [-0.39, 0.29) is 5.91 Å². The van der Waals surface area contributed by atoms with Crippen molar-refractivity contribution in [3.05, 3.63) is 52.8 Å². The number of carbonyl (C=O) groups excluding carboxylic acids is 1. The minimum atomic E-state index is 0.0403. The van der Waals surface area contributed by atoms with Gasteiger partial charge in [-0.25, -0.2) is 0 Å². The van der Waals surface area contributed by atoms with E-state index in [1.807, 2.05) is 31.6 Å². The average molecular weight is 292 g/mol. The molecule has 0 unspecified atom stereocenters. The van der Waals surface area contributed by atoms with Crippen molar-refractivity contribution < 1.29 is 4.79 Å². The van der Waals surface area contributed by atoms with Gasteiger partial charge in [-0.2, -0.15) is 5.10 Å². The van der Waals surface area contributed by atoms with Crippen LogP contribution in [-0.2, 0) is 24.7 Å². The smallest absolute Gasteiger partial charge is 0.224 e. The van der Waals surface area contributed by atoms with Gasteiger partial charge < -0.3 is 5.32 Å². The van der Waals surface area contributed by atoms with Crippen molar-refractivity contribution in [2.24, 2.45) is 7.05 Å². The molecule has 0 aliphatic carbocycles. The number of benzene rings is 1. The van der Waals surface area contributed by atoms with Crippen molar-refractivity contribution in [1.82, 2.24) is 15.1 Å². The Kier molecular flexibility index (Phi) is 5.18. The van der Waals surface area contributed by atoms with Gasteiger partial charge in [0, 0.05) is 24.8 Å². The van der Waals surface area contributed by atoms with Crippen LogP contribution in [0.25, 0.3) is 0 Å². The standard InChI is InChI=1S/C15H18ClN3O/c1-19-11-13(10-18-19)3-2-8-17-15(20)9-12-4-6-14(16)7-5-12/h4-7,10-11H,2-3,8-9H2,1H3,(H,17,20). The summed E-state index contributed by atoms with van der Waals surface area (Å²) in [4.78, 5) is 11.8. The van der Waals surface area contributed by atoms with Crippen molar-refractivity contribution >= 4 is 17.5 Å². The summed E-state index contributed by atoms with van der Waals surface area (Å²) in [6, 6.07) is 7.34. The Balaban J connectivity index is 1.66. The maximum atomic E-state index is 11.8. The second kappa shape index (κ2) is 7.10. The van der Waals surface area contributed by atoms with Crippen molar-refractivity contribution in [3.63, 3.8) is 0 Å². The molecule has 0 aliphatic heterocycles. The third-order valence-electron chi connectivity index (χ3n) is 3.00. The molecule has 1 N–H and O–H groups in total. The van der Waals surface area contributed by atoms with Crippen molar-refractivity contribution in [3.8, 4) is 0 Å². The number of rotatable bonds is 6. The zero-order valence-corrected chi connectivity index (χ0v) is 12.2. The Morgan fingerprint density at radius 3 is 2.70 bits per heavy atom. The number of hydrogen-bond acceptors (Lipinski definition) is 2. The molecule has 0 fully saturated rings. The molecule has 0 saturated heterocycles. The van der Waals surface area contributed by atoms with Crippen LogP contribution in [0.4, 0.5) is 0 Å². The molecular formula is C15H18ClN3O.